The van der Waals surface area contributed by atoms with Crippen molar-refractivity contribution in [3.8, 4) is 0 Å². The minimum Gasteiger partial charge on any atom is -0.255 e. The van der Waals surface area contributed by atoms with Gasteiger partial charge in [-0.1, -0.05) is 0 Å². The first-order chi connectivity index (χ1) is 2.27. The molecule has 0 saturated carbocycles. The average Bonchev–Trinajstić information content (AvgIpc) is 1.38. The molecule has 34 valence electrons. The Kier molecular flexibility index (Phi) is 8.16. The third kappa shape index (κ3) is 8.90. The normalized spacial score (nSPS) is 5.67. The van der Waals surface area contributed by atoms with E-state index in [4.69, 9.17) is 0 Å². The summed E-state index contributed by atoms with van der Waals surface area (Å²) in [7, 11) is 0. The van der Waals surface area contributed by atoms with Gasteiger partial charge in [0.2, 0.25) is 0 Å². The van der Waals surface area contributed by atoms with Gasteiger partial charge in [0.05, 0.1) is 0 Å². The Morgan fingerprint density at radius 1 is 1.83 bits per heavy atom. The van der Waals surface area contributed by atoms with Crippen molar-refractivity contribution >= 4 is 29.0 Å². The molecule has 0 heterocycles. The molecule has 0 fully saturated rings. The van der Waals surface area contributed by atoms with Crippen molar-refractivity contribution < 1.29 is 14.3 Å². The van der Waals surface area contributed by atoms with Gasteiger partial charge < -0.3 is 0 Å². The van der Waals surface area contributed by atoms with Crippen molar-refractivity contribution in [3.63, 3.8) is 0 Å². The lowest BCUT2D eigenvalue weighted by Crippen LogP contribution is -1.83. The molecule has 2 nitrogen and oxygen atoms in total. The van der Waals surface area contributed by atoms with Crippen LogP contribution in [0.5, 0.6) is 0 Å². The molecule has 0 bridgehead atoms. The van der Waals surface area contributed by atoms with Crippen LogP contribution in [0, 0.1) is 0 Å². The fourth-order valence-electron chi connectivity index (χ4n) is 0. The Balaban J connectivity index is 0. The van der Waals surface area contributed by atoms with Crippen LogP contribution in [0.3, 0.4) is 0 Å². The van der Waals surface area contributed by atoms with Gasteiger partial charge in [0.15, 0.2) is 0 Å². The van der Waals surface area contributed by atoms with E-state index in [0.29, 0.717) is 0 Å². The first-order valence-electron chi connectivity index (χ1n) is 1.06. The van der Waals surface area contributed by atoms with Gasteiger partial charge >= 0.3 is 29.0 Å². The van der Waals surface area contributed by atoms with Gasteiger partial charge in [0, 0.05) is 11.4 Å². The second-order valence-electron chi connectivity index (χ2n) is 0.569. The SMILES string of the molecule is CC(=O)OF.[MgH2]. The molecule has 0 aliphatic heterocycles. The van der Waals surface area contributed by atoms with Crippen molar-refractivity contribution in [3.05, 3.63) is 0 Å². The van der Waals surface area contributed by atoms with Crippen molar-refractivity contribution in [1.82, 2.24) is 0 Å². The molecule has 0 atom stereocenters. The first kappa shape index (κ1) is 9.48. The number of hydrogen-bond acceptors (Lipinski definition) is 2. The Morgan fingerprint density at radius 3 is 2.00 bits per heavy atom. The summed E-state index contributed by atoms with van der Waals surface area (Å²) in [6, 6.07) is 0. The molecule has 0 aliphatic rings. The molecule has 0 rings (SSSR count). The highest BCUT2D eigenvalue weighted by atomic mass is 24.3. The van der Waals surface area contributed by atoms with Crippen LogP contribution in [0.25, 0.3) is 0 Å². The molecule has 0 aromatic carbocycles. The number of hydrogen-bond donors (Lipinski definition) is 0. The third-order valence-corrected chi connectivity index (χ3v) is 0.109. The van der Waals surface area contributed by atoms with E-state index in [9.17, 15) is 9.32 Å². The molecule has 0 spiro atoms. The van der Waals surface area contributed by atoms with Crippen LogP contribution in [-0.2, 0) is 9.74 Å². The van der Waals surface area contributed by atoms with Crippen molar-refractivity contribution in [1.29, 1.82) is 0 Å². The summed E-state index contributed by atoms with van der Waals surface area (Å²) in [5, 5.41) is 0. The summed E-state index contributed by atoms with van der Waals surface area (Å²) >= 11 is 0. The van der Waals surface area contributed by atoms with E-state index in [-0.39, 0.29) is 23.1 Å². The summed E-state index contributed by atoms with van der Waals surface area (Å²) in [5.41, 5.74) is 0. The number of carbonyl (C=O) groups excluding carboxylic acids is 1. The van der Waals surface area contributed by atoms with E-state index >= 15 is 0 Å². The maximum atomic E-state index is 10.3. The summed E-state index contributed by atoms with van der Waals surface area (Å²) in [6.07, 6.45) is 0. The lowest BCUT2D eigenvalue weighted by Gasteiger charge is -1.71. The maximum Gasteiger partial charge on any atom is 0.345 e. The number of rotatable bonds is 0. The summed E-state index contributed by atoms with van der Waals surface area (Å²) in [6.45, 7) is 0.986. The number of halogens is 1. The molecule has 0 aromatic rings. The number of carbonyl (C=O) groups is 1. The van der Waals surface area contributed by atoms with Gasteiger partial charge in [-0.05, 0) is 0 Å². The molecular formula is C2H5FMgO2. The van der Waals surface area contributed by atoms with Gasteiger partial charge in [-0.3, -0.25) is 4.94 Å². The van der Waals surface area contributed by atoms with Crippen LogP contribution in [0.4, 0.5) is 4.53 Å². The topological polar surface area (TPSA) is 26.3 Å². The Hall–Kier alpha value is 0.166. The molecule has 0 aliphatic carbocycles. The smallest absolute Gasteiger partial charge is 0.255 e. The van der Waals surface area contributed by atoms with E-state index in [2.05, 4.69) is 4.94 Å². The molecule has 0 N–H and O–H groups in total. The van der Waals surface area contributed by atoms with E-state index < -0.39 is 5.97 Å². The molecule has 4 heteroatoms. The monoisotopic (exact) mass is 104 g/mol. The van der Waals surface area contributed by atoms with Crippen LogP contribution in [0.2, 0.25) is 0 Å². The highest BCUT2D eigenvalue weighted by Crippen LogP contribution is 1.69. The van der Waals surface area contributed by atoms with Crippen LogP contribution in [0.1, 0.15) is 6.92 Å². The minimum atomic E-state index is -0.912. The van der Waals surface area contributed by atoms with E-state index in [0.717, 1.165) is 6.92 Å². The van der Waals surface area contributed by atoms with Crippen LogP contribution >= 0.6 is 0 Å². The minimum absolute atomic E-state index is 0. The van der Waals surface area contributed by atoms with Gasteiger partial charge in [-0.2, -0.15) is 0 Å². The Labute approximate surface area is 50.7 Å². The first-order valence-corrected chi connectivity index (χ1v) is 1.06. The van der Waals surface area contributed by atoms with Gasteiger partial charge in [-0.15, -0.1) is 0 Å². The molecule has 0 aromatic heterocycles. The average molecular weight is 104 g/mol. The largest absolute Gasteiger partial charge is 0.345 e. The summed E-state index contributed by atoms with van der Waals surface area (Å²) < 4.78 is 10.3. The lowest BCUT2D eigenvalue weighted by molar-refractivity contribution is -0.180. The van der Waals surface area contributed by atoms with Crippen molar-refractivity contribution in [2.45, 2.75) is 6.92 Å². The summed E-state index contributed by atoms with van der Waals surface area (Å²) in [4.78, 5) is 11.8. The quantitative estimate of drug-likeness (QED) is 0.388. The zero-order valence-electron chi connectivity index (χ0n) is 2.69. The van der Waals surface area contributed by atoms with E-state index in [1.54, 1.807) is 0 Å². The predicted molar refractivity (Wildman–Crippen MR) is 21.4 cm³/mol. The Bertz CT molecular complexity index is 46.8. The predicted octanol–water partition coefficient (Wildman–Crippen LogP) is -0.482. The maximum absolute atomic E-state index is 10.3. The molecule has 0 radical (unpaired) electrons. The van der Waals surface area contributed by atoms with E-state index in [1.165, 1.54) is 0 Å². The molecule has 6 heavy (non-hydrogen) atoms. The zero-order valence-corrected chi connectivity index (χ0v) is 2.69. The third-order valence-electron chi connectivity index (χ3n) is 0.109. The van der Waals surface area contributed by atoms with E-state index in [1.807, 2.05) is 0 Å². The summed E-state index contributed by atoms with van der Waals surface area (Å²) in [5.74, 6) is -0.912. The lowest BCUT2D eigenvalue weighted by atomic mass is 10.9. The van der Waals surface area contributed by atoms with Crippen LogP contribution in [-0.4, -0.2) is 29.0 Å². The van der Waals surface area contributed by atoms with Crippen molar-refractivity contribution in [2.24, 2.45) is 0 Å². The van der Waals surface area contributed by atoms with Gasteiger partial charge in [-0.25, -0.2) is 4.79 Å². The molecule has 0 saturated heterocycles. The highest BCUT2D eigenvalue weighted by molar-refractivity contribution is 5.75. The fourth-order valence-corrected chi connectivity index (χ4v) is 0. The van der Waals surface area contributed by atoms with Gasteiger partial charge in [0.25, 0.3) is 0 Å². The van der Waals surface area contributed by atoms with Crippen molar-refractivity contribution in [2.75, 3.05) is 0 Å². The van der Waals surface area contributed by atoms with Crippen LogP contribution in [0.15, 0.2) is 0 Å². The zero-order chi connectivity index (χ0) is 4.28. The van der Waals surface area contributed by atoms with Gasteiger partial charge in [0.1, 0.15) is 0 Å². The highest BCUT2D eigenvalue weighted by Gasteiger charge is 1.81. The van der Waals surface area contributed by atoms with Crippen LogP contribution < -0.4 is 0 Å². The standard InChI is InChI=1S/C2H3FO2.Mg.2H/c1-2(4)5-3;;;/h1H3;;;. The molecule has 0 unspecified atom stereocenters. The molecular weight excluding hydrogens is 99.3 g/mol. The molecule has 0 amide bonds. The Morgan fingerprint density at radius 2 is 2.00 bits per heavy atom. The second kappa shape index (κ2) is 5.17. The fraction of sp³-hybridized carbons (Fsp3) is 0.500. The second-order valence-corrected chi connectivity index (χ2v) is 0.569.